The first-order chi connectivity index (χ1) is 14.9. The molecule has 1 saturated heterocycles. The maximum absolute atomic E-state index is 11.7. The summed E-state index contributed by atoms with van der Waals surface area (Å²) in [4.78, 5) is 90.1. The lowest BCUT2D eigenvalue weighted by Gasteiger charge is -2.15. The van der Waals surface area contributed by atoms with E-state index in [1.165, 1.54) is 10.8 Å². The van der Waals surface area contributed by atoms with Crippen LogP contribution in [0.15, 0.2) is 22.4 Å². The molecule has 1 aliphatic heterocycles. The lowest BCUT2D eigenvalue weighted by Crippen LogP contribution is -2.33. The number of ether oxygens (including phenoxy) is 1. The van der Waals surface area contributed by atoms with Crippen molar-refractivity contribution in [2.45, 2.75) is 24.9 Å². The molecule has 0 saturated carbocycles. The number of nitrogens with zero attached hydrogens (tertiary/aromatic N) is 1. The minimum absolute atomic E-state index is 0.158. The van der Waals surface area contributed by atoms with Crippen LogP contribution < -0.4 is 11.2 Å². The Morgan fingerprint density at radius 2 is 1.41 bits per heavy atom. The number of hydrogen-bond donors (Lipinski definition) is 12. The first kappa shape index (κ1) is 35.3. The van der Waals surface area contributed by atoms with Crippen LogP contribution in [0.4, 0.5) is 0 Å². The SMILES string of the molecule is C=C(Br)c1cn([C@H]2C[C@H](O)[C@@H](CO)O2)c(=O)[nH]c1=O.O=P(O)(O)O.O=P(O)(O)O.O=P(O)(O)O. The molecule has 1 aromatic rings. The van der Waals surface area contributed by atoms with Gasteiger partial charge in [-0.25, -0.2) is 18.5 Å². The summed E-state index contributed by atoms with van der Waals surface area (Å²) in [5, 5.41) is 18.7. The fourth-order valence-corrected chi connectivity index (χ4v) is 2.23. The number of aromatic amines is 1. The number of aromatic nitrogens is 2. The van der Waals surface area contributed by atoms with Crippen molar-refractivity contribution in [1.82, 2.24) is 9.55 Å². The highest BCUT2D eigenvalue weighted by molar-refractivity contribution is 9.15. The predicted octanol–water partition coefficient (Wildman–Crippen LogP) is -3.24. The summed E-state index contributed by atoms with van der Waals surface area (Å²) in [5.41, 5.74) is -0.996. The molecule has 0 amide bonds. The molecule has 0 aliphatic carbocycles. The largest absolute Gasteiger partial charge is 0.466 e. The molecule has 1 fully saturated rings. The predicted molar refractivity (Wildman–Crippen MR) is 114 cm³/mol. The monoisotopic (exact) mass is 626 g/mol. The number of H-pyrrole nitrogens is 1. The Kier molecular flexibility index (Phi) is 15.2. The van der Waals surface area contributed by atoms with E-state index in [9.17, 15) is 14.7 Å². The molecule has 0 aromatic carbocycles. The summed E-state index contributed by atoms with van der Waals surface area (Å²) in [6.07, 6.45) is -0.855. The van der Waals surface area contributed by atoms with E-state index in [1.807, 2.05) is 0 Å². The van der Waals surface area contributed by atoms with Crippen molar-refractivity contribution < 1.29 is 72.7 Å². The maximum atomic E-state index is 11.7. The van der Waals surface area contributed by atoms with E-state index in [-0.39, 0.29) is 18.6 Å². The second-order valence-electron chi connectivity index (χ2n) is 5.77. The summed E-state index contributed by atoms with van der Waals surface area (Å²) < 4.78 is 33.5. The summed E-state index contributed by atoms with van der Waals surface area (Å²) >= 11 is 3.08. The molecular weight excluding hydrogens is 605 g/mol. The van der Waals surface area contributed by atoms with Gasteiger partial charge in [-0.15, -0.1) is 0 Å². The zero-order valence-corrected chi connectivity index (χ0v) is 20.7. The normalized spacial score (nSPS) is 20.1. The van der Waals surface area contributed by atoms with Crippen molar-refractivity contribution >= 4 is 43.9 Å². The van der Waals surface area contributed by atoms with Gasteiger partial charge in [-0.1, -0.05) is 22.5 Å². The molecule has 0 unspecified atom stereocenters. The minimum atomic E-state index is -4.64. The van der Waals surface area contributed by atoms with Crippen LogP contribution in [-0.2, 0) is 18.4 Å². The van der Waals surface area contributed by atoms with Gasteiger partial charge >= 0.3 is 29.2 Å². The average Bonchev–Trinajstić information content (AvgIpc) is 2.90. The molecule has 23 heteroatoms. The maximum Gasteiger partial charge on any atom is 0.466 e. The summed E-state index contributed by atoms with van der Waals surface area (Å²) in [6.45, 7) is 3.24. The van der Waals surface area contributed by atoms with Gasteiger partial charge in [0.2, 0.25) is 0 Å². The molecule has 1 aromatic heterocycles. The fraction of sp³-hybridized carbons (Fsp3) is 0.455. The molecule has 1 aliphatic rings. The number of phosphoric acid groups is 3. The van der Waals surface area contributed by atoms with E-state index >= 15 is 0 Å². The highest BCUT2D eigenvalue weighted by Gasteiger charge is 2.35. The molecular formula is C11H22BrN2O17P3. The minimum Gasteiger partial charge on any atom is -0.394 e. The third kappa shape index (κ3) is 20.5. The smallest absolute Gasteiger partial charge is 0.394 e. The zero-order valence-electron chi connectivity index (χ0n) is 16.5. The van der Waals surface area contributed by atoms with Crippen LogP contribution in [-0.4, -0.2) is 82.6 Å². The van der Waals surface area contributed by atoms with Gasteiger partial charge in [-0.05, 0) is 0 Å². The van der Waals surface area contributed by atoms with Crippen LogP contribution in [0.5, 0.6) is 0 Å². The van der Waals surface area contributed by atoms with Crippen LogP contribution >= 0.6 is 39.4 Å². The number of nitrogens with one attached hydrogen (secondary N) is 1. The molecule has 0 bridgehead atoms. The van der Waals surface area contributed by atoms with E-state index in [2.05, 4.69) is 27.5 Å². The lowest BCUT2D eigenvalue weighted by molar-refractivity contribution is -0.0459. The lowest BCUT2D eigenvalue weighted by atomic mass is 10.2. The molecule has 200 valence electrons. The molecule has 34 heavy (non-hydrogen) atoms. The quantitative estimate of drug-likeness (QED) is 0.146. The second kappa shape index (κ2) is 14.6. The highest BCUT2D eigenvalue weighted by atomic mass is 79.9. The third-order valence-electron chi connectivity index (χ3n) is 2.95. The Balaban J connectivity index is 0. The van der Waals surface area contributed by atoms with Crippen molar-refractivity contribution in [3.8, 4) is 0 Å². The van der Waals surface area contributed by atoms with Crippen molar-refractivity contribution in [3.05, 3.63) is 39.2 Å². The van der Waals surface area contributed by atoms with Gasteiger partial charge in [0.1, 0.15) is 12.3 Å². The van der Waals surface area contributed by atoms with Crippen LogP contribution in [0.1, 0.15) is 18.2 Å². The van der Waals surface area contributed by atoms with Crippen molar-refractivity contribution in [2.75, 3.05) is 6.61 Å². The Labute approximate surface area is 197 Å². The van der Waals surface area contributed by atoms with Gasteiger partial charge in [-0.2, -0.15) is 0 Å². The molecule has 0 spiro atoms. The topological polar surface area (TPSA) is 338 Å². The molecule has 19 nitrogen and oxygen atoms in total. The van der Waals surface area contributed by atoms with E-state index in [0.717, 1.165) is 0 Å². The number of rotatable bonds is 3. The summed E-state index contributed by atoms with van der Waals surface area (Å²) in [6, 6.07) is 0. The first-order valence-electron chi connectivity index (χ1n) is 7.93. The average molecular weight is 627 g/mol. The van der Waals surface area contributed by atoms with Gasteiger partial charge < -0.3 is 59.0 Å². The number of aliphatic hydroxyl groups is 2. The van der Waals surface area contributed by atoms with Crippen LogP contribution in [0, 0.1) is 0 Å². The van der Waals surface area contributed by atoms with E-state index < -0.39 is 53.2 Å². The van der Waals surface area contributed by atoms with Gasteiger partial charge in [-0.3, -0.25) is 14.3 Å². The van der Waals surface area contributed by atoms with Crippen molar-refractivity contribution in [2.24, 2.45) is 0 Å². The Bertz CT molecular complexity index is 981. The van der Waals surface area contributed by atoms with Crippen LogP contribution in [0.25, 0.3) is 4.48 Å². The van der Waals surface area contributed by atoms with Gasteiger partial charge in [0.25, 0.3) is 5.56 Å². The standard InChI is InChI=1S/C11H13BrN2O5.3H3O4P/c1-5(12)6-3-14(11(18)13-10(6)17)9-2-7(16)8(4-15)19-9;3*1-5(2,3)4/h3,7-9,15-16H,1-2,4H2,(H,13,17,18);3*(H3,1,2,3,4)/t7-,8+,9+;;;/m0.../s1. The molecule has 2 heterocycles. The fourth-order valence-electron chi connectivity index (χ4n) is 1.94. The number of hydrogen-bond acceptors (Lipinski definition) is 8. The molecule has 0 radical (unpaired) electrons. The van der Waals surface area contributed by atoms with E-state index in [0.29, 0.717) is 4.48 Å². The Hall–Kier alpha value is -0.890. The van der Waals surface area contributed by atoms with Crippen LogP contribution in [0.3, 0.4) is 0 Å². The first-order valence-corrected chi connectivity index (χ1v) is 13.4. The van der Waals surface area contributed by atoms with E-state index in [1.54, 1.807) is 0 Å². The third-order valence-corrected chi connectivity index (χ3v) is 3.38. The summed E-state index contributed by atoms with van der Waals surface area (Å²) in [7, 11) is -13.9. The molecule has 3 atom stereocenters. The zero-order chi connectivity index (χ0) is 27.7. The van der Waals surface area contributed by atoms with Gasteiger partial charge in [0.15, 0.2) is 0 Å². The van der Waals surface area contributed by atoms with Gasteiger partial charge in [0.05, 0.1) is 18.3 Å². The van der Waals surface area contributed by atoms with Crippen molar-refractivity contribution in [1.29, 1.82) is 0 Å². The second-order valence-corrected chi connectivity index (χ2v) is 9.81. The molecule has 2 rings (SSSR count). The number of aliphatic hydroxyl groups excluding tert-OH is 2. The Morgan fingerprint density at radius 3 is 1.71 bits per heavy atom. The highest BCUT2D eigenvalue weighted by Crippen LogP contribution is 2.28. The number of halogens is 1. The van der Waals surface area contributed by atoms with Gasteiger partial charge in [0, 0.05) is 17.1 Å². The summed E-state index contributed by atoms with van der Waals surface area (Å²) in [5.74, 6) is 0. The van der Waals surface area contributed by atoms with E-state index in [4.69, 9.17) is 67.6 Å². The Morgan fingerprint density at radius 1 is 1.03 bits per heavy atom. The van der Waals surface area contributed by atoms with Crippen LogP contribution in [0.2, 0.25) is 0 Å². The van der Waals surface area contributed by atoms with Crippen molar-refractivity contribution in [3.63, 3.8) is 0 Å². The molecule has 12 N–H and O–H groups in total.